The molecule has 2 aliphatic heterocycles. The fourth-order valence-electron chi connectivity index (χ4n) is 3.97. The molecule has 3 rings (SSSR count). The van der Waals surface area contributed by atoms with E-state index in [0.29, 0.717) is 30.2 Å². The number of hydrogen-bond acceptors (Lipinski definition) is 6. The number of hydrogen-bond donors (Lipinski definition) is 1. The van der Waals surface area contributed by atoms with Crippen molar-refractivity contribution in [3.05, 3.63) is 35.0 Å². The highest BCUT2D eigenvalue weighted by Gasteiger charge is 2.42. The lowest BCUT2D eigenvalue weighted by Gasteiger charge is -2.41. The van der Waals surface area contributed by atoms with Gasteiger partial charge in [0.1, 0.15) is 11.4 Å². The van der Waals surface area contributed by atoms with Crippen LogP contribution in [0.1, 0.15) is 45.2 Å². The number of nitrogens with one attached hydrogen (secondary N) is 1. The first-order valence-electron chi connectivity index (χ1n) is 9.91. The molecule has 0 aliphatic carbocycles. The van der Waals surface area contributed by atoms with E-state index in [1.54, 1.807) is 6.07 Å². The Balaban J connectivity index is 2.09. The molecule has 9 heteroatoms. The van der Waals surface area contributed by atoms with E-state index >= 15 is 0 Å². The Morgan fingerprint density at radius 1 is 1.28 bits per heavy atom. The number of ether oxygens (including phenoxy) is 1. The van der Waals surface area contributed by atoms with Crippen LogP contribution >= 0.6 is 10.7 Å². The molecule has 0 saturated carbocycles. The van der Waals surface area contributed by atoms with Gasteiger partial charge < -0.3 is 15.0 Å². The zero-order valence-electron chi connectivity index (χ0n) is 17.2. The molecule has 1 amide bonds. The van der Waals surface area contributed by atoms with Crippen LogP contribution in [0.5, 0.6) is 5.75 Å². The van der Waals surface area contributed by atoms with Crippen LogP contribution in [0.15, 0.2) is 34.4 Å². The van der Waals surface area contributed by atoms with E-state index in [-0.39, 0.29) is 17.0 Å². The maximum atomic E-state index is 12.8. The number of halogens is 1. The van der Waals surface area contributed by atoms with Crippen LogP contribution in [-0.4, -0.2) is 57.0 Å². The van der Waals surface area contributed by atoms with E-state index in [1.807, 2.05) is 18.9 Å². The third kappa shape index (κ3) is 4.25. The van der Waals surface area contributed by atoms with E-state index in [9.17, 15) is 13.2 Å². The van der Waals surface area contributed by atoms with Crippen LogP contribution in [0.2, 0.25) is 0 Å². The van der Waals surface area contributed by atoms with Crippen molar-refractivity contribution in [1.82, 2.24) is 15.1 Å². The summed E-state index contributed by atoms with van der Waals surface area (Å²) in [6, 6.07) is 4.10. The molecular weight excluding hydrogens is 414 g/mol. The van der Waals surface area contributed by atoms with Crippen molar-refractivity contribution < 1.29 is 17.9 Å². The summed E-state index contributed by atoms with van der Waals surface area (Å²) in [6.45, 7) is 8.22. The van der Waals surface area contributed by atoms with Gasteiger partial charge in [-0.3, -0.25) is 9.69 Å². The minimum atomic E-state index is -3.91. The first-order valence-corrected chi connectivity index (χ1v) is 12.2. The number of rotatable bonds is 7. The topological polar surface area (TPSA) is 78.9 Å². The minimum absolute atomic E-state index is 0.00994. The molecule has 0 radical (unpaired) electrons. The summed E-state index contributed by atoms with van der Waals surface area (Å²) in [7, 11) is 3.59. The van der Waals surface area contributed by atoms with Crippen molar-refractivity contribution in [2.45, 2.75) is 50.7 Å². The SMILES string of the molecule is CCCOc1ccc(S(=O)(=O)Cl)cc1C1NC(=O)C2=C1CN(CCC)C(C)N2C. The number of carbonyl (C=O) groups is 1. The Morgan fingerprint density at radius 2 is 2.00 bits per heavy atom. The average Bonchev–Trinajstić information content (AvgIpc) is 2.99. The summed E-state index contributed by atoms with van der Waals surface area (Å²) in [5.74, 6) is 0.398. The molecule has 0 spiro atoms. The second kappa shape index (κ2) is 8.53. The normalized spacial score (nSPS) is 22.7. The van der Waals surface area contributed by atoms with Crippen molar-refractivity contribution >= 4 is 25.6 Å². The van der Waals surface area contributed by atoms with Crippen molar-refractivity contribution in [1.29, 1.82) is 0 Å². The molecule has 2 aliphatic rings. The smallest absolute Gasteiger partial charge is 0.268 e. The average molecular weight is 442 g/mol. The molecule has 2 heterocycles. The fourth-order valence-corrected chi connectivity index (χ4v) is 4.76. The van der Waals surface area contributed by atoms with Crippen LogP contribution in [-0.2, 0) is 13.8 Å². The van der Waals surface area contributed by atoms with E-state index in [4.69, 9.17) is 15.4 Å². The molecule has 2 atom stereocenters. The van der Waals surface area contributed by atoms with Gasteiger partial charge in [0, 0.05) is 36.4 Å². The standard InChI is InChI=1S/C20H28ClN3O4S/c1-5-9-24-12-16-18(22-20(25)19(16)23(4)13(24)3)15-11-14(29(21,26)27)7-8-17(15)28-10-6-2/h7-8,11,13,18H,5-6,9-10,12H2,1-4H3,(H,22,25). The van der Waals surface area contributed by atoms with E-state index < -0.39 is 15.1 Å². The number of amides is 1. The van der Waals surface area contributed by atoms with Crippen LogP contribution in [0.25, 0.3) is 0 Å². The van der Waals surface area contributed by atoms with Gasteiger partial charge in [-0.05, 0) is 43.5 Å². The molecule has 1 aromatic rings. The lowest BCUT2D eigenvalue weighted by molar-refractivity contribution is -0.119. The Labute approximate surface area is 177 Å². The van der Waals surface area contributed by atoms with Gasteiger partial charge in [-0.15, -0.1) is 0 Å². The minimum Gasteiger partial charge on any atom is -0.493 e. The Hall–Kier alpha value is -1.77. The highest BCUT2D eigenvalue weighted by Crippen LogP contribution is 2.40. The van der Waals surface area contributed by atoms with Crippen LogP contribution in [0, 0.1) is 0 Å². The molecule has 0 fully saturated rings. The van der Waals surface area contributed by atoms with Gasteiger partial charge in [-0.25, -0.2) is 8.42 Å². The largest absolute Gasteiger partial charge is 0.493 e. The molecule has 2 unspecified atom stereocenters. The van der Waals surface area contributed by atoms with Gasteiger partial charge in [0.2, 0.25) is 0 Å². The van der Waals surface area contributed by atoms with Gasteiger partial charge in [-0.1, -0.05) is 13.8 Å². The monoisotopic (exact) mass is 441 g/mol. The second-order valence-corrected chi connectivity index (χ2v) is 10.0. The first-order chi connectivity index (χ1) is 13.7. The molecule has 29 heavy (non-hydrogen) atoms. The van der Waals surface area contributed by atoms with Gasteiger partial charge in [0.25, 0.3) is 15.0 Å². The summed E-state index contributed by atoms with van der Waals surface area (Å²) >= 11 is 0. The Bertz CT molecular complexity index is 932. The number of benzene rings is 1. The Morgan fingerprint density at radius 3 is 2.62 bits per heavy atom. The molecule has 7 nitrogen and oxygen atoms in total. The highest BCUT2D eigenvalue weighted by atomic mass is 35.7. The van der Waals surface area contributed by atoms with E-state index in [0.717, 1.165) is 25.0 Å². The zero-order chi connectivity index (χ0) is 21.3. The van der Waals surface area contributed by atoms with Gasteiger partial charge >= 0.3 is 0 Å². The number of carbonyl (C=O) groups excluding carboxylic acids is 1. The van der Waals surface area contributed by atoms with Crippen LogP contribution in [0.3, 0.4) is 0 Å². The van der Waals surface area contributed by atoms with E-state index in [1.165, 1.54) is 12.1 Å². The first kappa shape index (κ1) is 21.9. The number of likely N-dealkylation sites (N-methyl/N-ethyl adjacent to an activating group) is 1. The summed E-state index contributed by atoms with van der Waals surface area (Å²) in [5, 5.41) is 3.02. The third-order valence-electron chi connectivity index (χ3n) is 5.50. The number of nitrogens with zero attached hydrogens (tertiary/aromatic N) is 2. The Kier molecular flexibility index (Phi) is 6.45. The summed E-state index contributed by atoms with van der Waals surface area (Å²) in [5.41, 5.74) is 2.18. The fraction of sp³-hybridized carbons (Fsp3) is 0.550. The van der Waals surface area contributed by atoms with Crippen molar-refractivity contribution in [3.8, 4) is 5.75 Å². The van der Waals surface area contributed by atoms with Crippen molar-refractivity contribution in [2.75, 3.05) is 26.7 Å². The highest BCUT2D eigenvalue weighted by molar-refractivity contribution is 8.13. The lowest BCUT2D eigenvalue weighted by atomic mass is 9.96. The molecule has 0 saturated heterocycles. The maximum Gasteiger partial charge on any atom is 0.268 e. The molecule has 0 aromatic heterocycles. The molecular formula is C20H28ClN3O4S. The molecule has 160 valence electrons. The predicted molar refractivity (Wildman–Crippen MR) is 112 cm³/mol. The lowest BCUT2D eigenvalue weighted by Crippen LogP contribution is -2.50. The zero-order valence-corrected chi connectivity index (χ0v) is 18.8. The quantitative estimate of drug-likeness (QED) is 0.655. The van der Waals surface area contributed by atoms with E-state index in [2.05, 4.69) is 24.1 Å². The van der Waals surface area contributed by atoms with Crippen LogP contribution < -0.4 is 10.1 Å². The summed E-state index contributed by atoms with van der Waals surface area (Å²) < 4.78 is 29.7. The third-order valence-corrected chi connectivity index (χ3v) is 6.86. The van der Waals surface area contributed by atoms with Crippen LogP contribution in [0.4, 0.5) is 0 Å². The molecule has 1 aromatic carbocycles. The van der Waals surface area contributed by atoms with Gasteiger partial charge in [-0.2, -0.15) is 0 Å². The maximum absolute atomic E-state index is 12.8. The van der Waals surface area contributed by atoms with Gasteiger partial charge in [0.05, 0.1) is 23.7 Å². The van der Waals surface area contributed by atoms with Crippen molar-refractivity contribution in [3.63, 3.8) is 0 Å². The molecule has 1 N–H and O–H groups in total. The van der Waals surface area contributed by atoms with Gasteiger partial charge in [0.15, 0.2) is 0 Å². The summed E-state index contributed by atoms with van der Waals surface area (Å²) in [6.07, 6.45) is 1.91. The molecule has 0 bridgehead atoms. The second-order valence-electron chi connectivity index (χ2n) is 7.48. The van der Waals surface area contributed by atoms with Crippen molar-refractivity contribution in [2.24, 2.45) is 0 Å². The summed E-state index contributed by atoms with van der Waals surface area (Å²) in [4.78, 5) is 17.1. The predicted octanol–water partition coefficient (Wildman–Crippen LogP) is 2.83.